The lowest BCUT2D eigenvalue weighted by atomic mass is 10.0. The molecule has 0 aromatic heterocycles. The summed E-state index contributed by atoms with van der Waals surface area (Å²) in [7, 11) is 0. The number of aliphatic imine (C=N–C) groups is 3. The molecule has 2 heterocycles. The molecule has 408 valence electrons. The van der Waals surface area contributed by atoms with E-state index >= 15 is 0 Å². The van der Waals surface area contributed by atoms with Crippen LogP contribution in [0.5, 0.6) is 0 Å². The Kier molecular flexibility index (Phi) is 25.0. The summed E-state index contributed by atoms with van der Waals surface area (Å²) < 4.78 is 0. The number of rotatable bonds is 30. The van der Waals surface area contributed by atoms with Crippen LogP contribution in [0.1, 0.15) is 78.7 Å². The average molecular weight is 1040 g/mol. The van der Waals surface area contributed by atoms with Gasteiger partial charge in [0.15, 0.2) is 5.96 Å². The van der Waals surface area contributed by atoms with E-state index in [1.807, 2.05) is 0 Å². The number of guanidine groups is 1. The lowest BCUT2D eigenvalue weighted by molar-refractivity contribution is -0.140. The fraction of sp³-hybridized carbons (Fsp3) is 0.596. The van der Waals surface area contributed by atoms with Crippen LogP contribution in [0.3, 0.4) is 0 Å². The number of hydrogen-bond acceptors (Lipinski definition) is 15. The number of aliphatic hydroxyl groups excluding tert-OH is 1. The second-order valence-electron chi connectivity index (χ2n) is 18.8. The molecule has 10 amide bonds. The zero-order chi connectivity index (χ0) is 55.1. The predicted octanol–water partition coefficient (Wildman–Crippen LogP) is -5.19. The third kappa shape index (κ3) is 20.5. The summed E-state index contributed by atoms with van der Waals surface area (Å²) in [5.41, 5.74) is 22.5. The van der Waals surface area contributed by atoms with Crippen molar-refractivity contribution in [2.45, 2.75) is 134 Å². The van der Waals surface area contributed by atoms with Crippen LogP contribution in [0.15, 0.2) is 45.3 Å². The standard InChI is InChI=1S/C47H74N16O11/c1-25(2)17-31(59-43(71)34(23-64)61-44(72)35-14-10-16-63(35)46(74)27(5)48)40(68)54-21-36(65)57-32(18-28-11-7-6-8-12-28)42(70)60-33(19-29-20-52-24-56-29)41(69)55-22-37(66)62-38(26(3)4)45(73)58-30(39(49)67)13-9-15-53-47(50)51/h6-8,11-12,20,24-27,29-35,38,64H,9-10,13-19,21-23,48H2,1-5H3,(H2,49,67)(H,54,68)(H,55,69)(H,57,65)(H,58,73)(H,59,71)(H,60,70)(H,61,72)(H,62,66)(H4,50,51,53)/t27-,29?,30-,31-,32-,33-,34-,35-,38-/m0/s1. The summed E-state index contributed by atoms with van der Waals surface area (Å²) in [6.07, 6.45) is 3.88. The van der Waals surface area contributed by atoms with Crippen molar-refractivity contribution in [3.63, 3.8) is 0 Å². The molecule has 1 aromatic carbocycles. The second-order valence-corrected chi connectivity index (χ2v) is 18.8. The first-order valence-corrected chi connectivity index (χ1v) is 24.5. The van der Waals surface area contributed by atoms with Crippen molar-refractivity contribution >= 4 is 77.6 Å². The minimum absolute atomic E-state index is 0.0734. The van der Waals surface area contributed by atoms with Gasteiger partial charge in [-0.3, -0.25) is 57.9 Å². The van der Waals surface area contributed by atoms with E-state index in [1.165, 1.54) is 24.4 Å². The summed E-state index contributed by atoms with van der Waals surface area (Å²) in [5, 5.41) is 30.4. The van der Waals surface area contributed by atoms with Crippen LogP contribution in [0.25, 0.3) is 0 Å². The number of nitrogens with two attached hydrogens (primary N) is 4. The van der Waals surface area contributed by atoms with Crippen molar-refractivity contribution in [1.82, 2.24) is 47.4 Å². The normalized spacial score (nSPS) is 17.6. The highest BCUT2D eigenvalue weighted by molar-refractivity contribution is 5.98. The number of amides is 10. The quantitative estimate of drug-likeness (QED) is 0.0195. The molecule has 1 aromatic rings. The smallest absolute Gasteiger partial charge is 0.245 e. The van der Waals surface area contributed by atoms with Crippen molar-refractivity contribution in [3.8, 4) is 0 Å². The Morgan fingerprint density at radius 2 is 1.35 bits per heavy atom. The van der Waals surface area contributed by atoms with Gasteiger partial charge in [-0.05, 0) is 56.4 Å². The van der Waals surface area contributed by atoms with Crippen molar-refractivity contribution in [1.29, 1.82) is 0 Å². The van der Waals surface area contributed by atoms with Crippen LogP contribution in [0, 0.1) is 11.8 Å². The Balaban J connectivity index is 1.70. The van der Waals surface area contributed by atoms with Crippen LogP contribution in [-0.4, -0.2) is 175 Å². The van der Waals surface area contributed by atoms with Gasteiger partial charge in [-0.25, -0.2) is 4.99 Å². The number of aliphatic hydroxyl groups is 1. The van der Waals surface area contributed by atoms with Crippen molar-refractivity contribution in [2.24, 2.45) is 49.7 Å². The number of carbonyl (C=O) groups excluding carboxylic acids is 10. The molecular weight excluding hydrogens is 965 g/mol. The summed E-state index contributed by atoms with van der Waals surface area (Å²) in [6, 6.07) is -1.48. The molecule has 0 bridgehead atoms. The Bertz CT molecular complexity index is 2210. The molecule has 17 N–H and O–H groups in total. The molecule has 2 aliphatic rings. The van der Waals surface area contributed by atoms with E-state index in [2.05, 4.69) is 57.5 Å². The van der Waals surface area contributed by atoms with E-state index in [1.54, 1.807) is 58.0 Å². The Labute approximate surface area is 429 Å². The highest BCUT2D eigenvalue weighted by Gasteiger charge is 2.38. The van der Waals surface area contributed by atoms with Gasteiger partial charge in [0.05, 0.1) is 31.8 Å². The summed E-state index contributed by atoms with van der Waals surface area (Å²) >= 11 is 0. The number of likely N-dealkylation sites (tertiary alicyclic amines) is 1. The molecule has 74 heavy (non-hydrogen) atoms. The molecule has 9 atom stereocenters. The van der Waals surface area contributed by atoms with Crippen molar-refractivity contribution in [3.05, 3.63) is 35.9 Å². The largest absolute Gasteiger partial charge is 0.394 e. The maximum atomic E-state index is 14.1. The molecular formula is C47H74N16O11. The first-order valence-electron chi connectivity index (χ1n) is 24.5. The van der Waals surface area contributed by atoms with E-state index in [-0.39, 0.29) is 44.1 Å². The van der Waals surface area contributed by atoms with E-state index in [0.717, 1.165) is 0 Å². The number of carbonyl (C=O) groups is 10. The summed E-state index contributed by atoms with van der Waals surface area (Å²) in [5.74, 6) is -8.35. The lowest BCUT2D eigenvalue weighted by Gasteiger charge is -2.28. The van der Waals surface area contributed by atoms with Crippen LogP contribution >= 0.6 is 0 Å². The van der Waals surface area contributed by atoms with Crippen molar-refractivity contribution in [2.75, 3.05) is 32.8 Å². The third-order valence-corrected chi connectivity index (χ3v) is 11.7. The molecule has 1 saturated heterocycles. The maximum absolute atomic E-state index is 14.1. The van der Waals surface area contributed by atoms with Gasteiger partial charge in [0.25, 0.3) is 0 Å². The molecule has 1 fully saturated rings. The topological polar surface area (TPSA) is 432 Å². The van der Waals surface area contributed by atoms with Crippen LogP contribution in [0.2, 0.25) is 0 Å². The number of nitrogens with one attached hydrogen (secondary N) is 8. The van der Waals surface area contributed by atoms with E-state index in [4.69, 9.17) is 22.9 Å². The Morgan fingerprint density at radius 1 is 0.743 bits per heavy atom. The molecule has 3 rings (SSSR count). The van der Waals surface area contributed by atoms with Gasteiger partial charge in [-0.1, -0.05) is 58.0 Å². The van der Waals surface area contributed by atoms with Crippen molar-refractivity contribution < 1.29 is 53.1 Å². The highest BCUT2D eigenvalue weighted by Crippen LogP contribution is 2.19. The van der Waals surface area contributed by atoms with Gasteiger partial charge in [0, 0.05) is 32.1 Å². The Morgan fingerprint density at radius 3 is 1.92 bits per heavy atom. The number of nitrogens with zero attached hydrogens (tertiary/aromatic N) is 4. The molecule has 0 radical (unpaired) electrons. The molecule has 0 aliphatic carbocycles. The first kappa shape index (κ1) is 60.8. The van der Waals surface area contributed by atoms with Gasteiger partial charge in [-0.15, -0.1) is 0 Å². The van der Waals surface area contributed by atoms with Gasteiger partial charge in [0.1, 0.15) is 48.6 Å². The molecule has 0 saturated carbocycles. The maximum Gasteiger partial charge on any atom is 0.245 e. The molecule has 0 spiro atoms. The zero-order valence-corrected chi connectivity index (χ0v) is 42.5. The minimum Gasteiger partial charge on any atom is -0.394 e. The van der Waals surface area contributed by atoms with Crippen LogP contribution in [0.4, 0.5) is 0 Å². The predicted molar refractivity (Wildman–Crippen MR) is 272 cm³/mol. The fourth-order valence-electron chi connectivity index (χ4n) is 7.87. The summed E-state index contributed by atoms with van der Waals surface area (Å²) in [4.78, 5) is 146. The van der Waals surface area contributed by atoms with Gasteiger partial charge in [0.2, 0.25) is 59.1 Å². The summed E-state index contributed by atoms with van der Waals surface area (Å²) in [6.45, 7) is 6.69. The number of hydrogen-bond donors (Lipinski definition) is 13. The molecule has 27 heteroatoms. The number of primary amides is 1. The molecule has 27 nitrogen and oxygen atoms in total. The zero-order valence-electron chi connectivity index (χ0n) is 42.5. The second kappa shape index (κ2) is 30.5. The van der Waals surface area contributed by atoms with Crippen LogP contribution < -0.4 is 65.5 Å². The lowest BCUT2D eigenvalue weighted by Crippen LogP contribution is -2.59. The first-order chi connectivity index (χ1) is 35.0. The molecule has 2 aliphatic heterocycles. The van der Waals surface area contributed by atoms with E-state index < -0.39 is 139 Å². The molecule has 1 unspecified atom stereocenters. The highest BCUT2D eigenvalue weighted by atomic mass is 16.3. The average Bonchev–Trinajstić information content (AvgIpc) is 4.06. The van der Waals surface area contributed by atoms with Crippen LogP contribution in [-0.2, 0) is 54.4 Å². The van der Waals surface area contributed by atoms with E-state index in [0.29, 0.717) is 31.4 Å². The van der Waals surface area contributed by atoms with Gasteiger partial charge >= 0.3 is 0 Å². The third-order valence-electron chi connectivity index (χ3n) is 11.7. The van der Waals surface area contributed by atoms with Gasteiger partial charge in [-0.2, -0.15) is 0 Å². The van der Waals surface area contributed by atoms with Gasteiger partial charge < -0.3 is 75.5 Å². The number of benzene rings is 1. The van der Waals surface area contributed by atoms with E-state index in [9.17, 15) is 53.1 Å². The minimum atomic E-state index is -1.49. The Hall–Kier alpha value is -7.55. The monoisotopic (exact) mass is 1040 g/mol. The fourth-order valence-corrected chi connectivity index (χ4v) is 7.87. The SMILES string of the molecule is CC(C)C[C@H](NC(=O)[C@H](CO)NC(=O)[C@@H]1CCCN1C(=O)[C@H](C)N)C(=O)NCC(=O)N[C@@H](Cc1ccccc1)C(=O)N[C@@H](CC1C=NC=N1)C(=O)NCC(=O)N[C@H](C(=O)N[C@@H](CCCN=C(N)N)C(N)=O)C(C)C.